The fourth-order valence-electron chi connectivity index (χ4n) is 4.16. The topological polar surface area (TPSA) is 97.8 Å². The van der Waals surface area contributed by atoms with Gasteiger partial charge in [0.15, 0.2) is 11.6 Å². The summed E-state index contributed by atoms with van der Waals surface area (Å²) in [6.07, 6.45) is 5.77. The molecule has 1 saturated heterocycles. The molecule has 2 aromatic rings. The molecule has 1 aromatic carbocycles. The van der Waals surface area contributed by atoms with Crippen molar-refractivity contribution in [2.75, 3.05) is 24.5 Å². The first-order chi connectivity index (χ1) is 14.8. The number of hydrogen-bond donors (Lipinski definition) is 2. The average molecular weight is 437 g/mol. The van der Waals surface area contributed by atoms with Crippen molar-refractivity contribution >= 4 is 22.6 Å². The summed E-state index contributed by atoms with van der Waals surface area (Å²) < 4.78 is 48.4. The third kappa shape index (κ3) is 3.99. The summed E-state index contributed by atoms with van der Waals surface area (Å²) in [4.78, 5) is 25.9. The van der Waals surface area contributed by atoms with E-state index in [9.17, 15) is 23.5 Å². The highest BCUT2D eigenvalue weighted by molar-refractivity contribution is 5.97. The number of rotatable bonds is 6. The molecule has 1 aliphatic carbocycles. The summed E-state index contributed by atoms with van der Waals surface area (Å²) in [7, 11) is 0. The fraction of sp³-hybridized carbons (Fsp3) is 0.429. The molecule has 4 rings (SSSR count). The van der Waals surface area contributed by atoms with Crippen LogP contribution in [-0.4, -0.2) is 41.9 Å². The van der Waals surface area contributed by atoms with Crippen molar-refractivity contribution < 1.29 is 27.8 Å². The number of fused-ring (bicyclic) bond motifs is 1. The lowest BCUT2D eigenvalue weighted by Gasteiger charge is -2.33. The molecule has 0 unspecified atom stereocenters. The average Bonchev–Trinajstić information content (AvgIpc) is 3.54. The predicted octanol–water partition coefficient (Wildman–Crippen LogP) is 3.26. The second-order valence-electron chi connectivity index (χ2n) is 7.75. The van der Waals surface area contributed by atoms with Crippen molar-refractivity contribution in [3.63, 3.8) is 0 Å². The Morgan fingerprint density at radius 2 is 2.13 bits per heavy atom. The summed E-state index contributed by atoms with van der Waals surface area (Å²) in [5.41, 5.74) is 4.89. The number of carboxylic acid groups (broad SMARTS) is 1. The summed E-state index contributed by atoms with van der Waals surface area (Å²) >= 11 is 0. The number of aromatic carboxylic acids is 1. The summed E-state index contributed by atoms with van der Waals surface area (Å²) in [6.45, 7) is -2.25. The lowest BCUT2D eigenvalue weighted by molar-refractivity contribution is -0.0488. The van der Waals surface area contributed by atoms with E-state index < -0.39 is 35.1 Å². The van der Waals surface area contributed by atoms with Gasteiger partial charge in [0.1, 0.15) is 11.3 Å². The number of anilines is 1. The highest BCUT2D eigenvalue weighted by atomic mass is 19.3. The number of carbonyl (C=O) groups is 1. The molecule has 0 spiro atoms. The Morgan fingerprint density at radius 3 is 2.74 bits per heavy atom. The molecule has 166 valence electrons. The number of nitrogens with two attached hydrogens (primary N) is 1. The first-order valence-electron chi connectivity index (χ1n) is 10.0. The van der Waals surface area contributed by atoms with E-state index in [0.29, 0.717) is 38.9 Å². The quantitative estimate of drug-likeness (QED) is 0.674. The molecular formula is C21H22F3N3O4. The van der Waals surface area contributed by atoms with E-state index in [4.69, 9.17) is 10.5 Å². The van der Waals surface area contributed by atoms with Crippen LogP contribution in [0, 0.1) is 5.82 Å². The zero-order chi connectivity index (χ0) is 22.3. The molecule has 0 amide bonds. The van der Waals surface area contributed by atoms with E-state index in [2.05, 4.69) is 0 Å². The maximum Gasteiger partial charge on any atom is 0.387 e. The maximum atomic E-state index is 15.3. The van der Waals surface area contributed by atoms with Gasteiger partial charge in [-0.2, -0.15) is 8.78 Å². The Labute approximate surface area is 175 Å². The minimum Gasteiger partial charge on any atom is -0.477 e. The first kappa shape index (κ1) is 21.2. The van der Waals surface area contributed by atoms with Crippen LogP contribution in [0.3, 0.4) is 0 Å². The number of benzene rings is 1. The van der Waals surface area contributed by atoms with Gasteiger partial charge in [-0.05, 0) is 31.7 Å². The molecule has 0 radical (unpaired) electrons. The van der Waals surface area contributed by atoms with Crippen LogP contribution in [0.25, 0.3) is 10.9 Å². The summed E-state index contributed by atoms with van der Waals surface area (Å²) in [6, 6.07) is 0.756. The van der Waals surface area contributed by atoms with Crippen LogP contribution in [0.15, 0.2) is 28.7 Å². The summed E-state index contributed by atoms with van der Waals surface area (Å²) in [5, 5.41) is 9.10. The van der Waals surface area contributed by atoms with Crippen molar-refractivity contribution in [1.82, 2.24) is 4.57 Å². The smallest absolute Gasteiger partial charge is 0.387 e. The van der Waals surface area contributed by atoms with Crippen LogP contribution in [0.2, 0.25) is 0 Å². The normalized spacial score (nSPS) is 18.2. The van der Waals surface area contributed by atoms with E-state index in [1.54, 1.807) is 4.90 Å². The molecule has 3 N–H and O–H groups in total. The van der Waals surface area contributed by atoms with Gasteiger partial charge in [-0.25, -0.2) is 9.18 Å². The minimum atomic E-state index is -3.26. The molecule has 1 saturated carbocycles. The van der Waals surface area contributed by atoms with Gasteiger partial charge in [-0.3, -0.25) is 4.79 Å². The molecule has 2 heterocycles. The highest BCUT2D eigenvalue weighted by Crippen LogP contribution is 2.45. The number of carboxylic acids is 1. The zero-order valence-corrected chi connectivity index (χ0v) is 16.6. The zero-order valence-electron chi connectivity index (χ0n) is 16.6. The van der Waals surface area contributed by atoms with Crippen LogP contribution in [-0.2, 0) is 0 Å². The fourth-order valence-corrected chi connectivity index (χ4v) is 4.16. The molecule has 0 bridgehead atoms. The number of piperidine rings is 1. The van der Waals surface area contributed by atoms with Crippen LogP contribution in [0.1, 0.15) is 42.1 Å². The van der Waals surface area contributed by atoms with Crippen molar-refractivity contribution in [3.8, 4) is 5.75 Å². The lowest BCUT2D eigenvalue weighted by atomic mass is 10.0. The lowest BCUT2D eigenvalue weighted by Crippen LogP contribution is -2.33. The molecule has 1 aromatic heterocycles. The molecule has 1 aliphatic heterocycles. The molecule has 2 aliphatic rings. The van der Waals surface area contributed by atoms with Crippen LogP contribution in [0.5, 0.6) is 5.75 Å². The van der Waals surface area contributed by atoms with E-state index in [1.807, 2.05) is 6.08 Å². The largest absolute Gasteiger partial charge is 0.477 e. The predicted molar refractivity (Wildman–Crippen MR) is 109 cm³/mol. The molecular weight excluding hydrogens is 415 g/mol. The van der Waals surface area contributed by atoms with Crippen molar-refractivity contribution in [2.45, 2.75) is 38.3 Å². The highest BCUT2D eigenvalue weighted by Gasteiger charge is 2.33. The van der Waals surface area contributed by atoms with E-state index in [1.165, 1.54) is 4.57 Å². The third-order valence-electron chi connectivity index (χ3n) is 5.62. The number of ether oxygens (including phenoxy) is 1. The summed E-state index contributed by atoms with van der Waals surface area (Å²) in [5.74, 6) is -2.83. The Kier molecular flexibility index (Phi) is 5.65. The number of aromatic nitrogens is 1. The monoisotopic (exact) mass is 437 g/mol. The van der Waals surface area contributed by atoms with Gasteiger partial charge in [0, 0.05) is 31.9 Å². The van der Waals surface area contributed by atoms with E-state index in [-0.39, 0.29) is 22.6 Å². The second kappa shape index (κ2) is 8.26. The van der Waals surface area contributed by atoms with Crippen LogP contribution in [0.4, 0.5) is 18.9 Å². The molecule has 10 heteroatoms. The van der Waals surface area contributed by atoms with Crippen molar-refractivity contribution in [1.29, 1.82) is 0 Å². The number of hydrogen-bond acceptors (Lipinski definition) is 5. The molecule has 7 nitrogen and oxygen atoms in total. The Bertz CT molecular complexity index is 1130. The second-order valence-corrected chi connectivity index (χ2v) is 7.75. The number of pyridine rings is 1. The SMILES string of the molecule is NC/C=C1/CCCN(c2c(F)cc3c(=O)c(C(=O)O)cn(C4CC4)c3c2OC(F)F)C1. The Hall–Kier alpha value is -3.01. The van der Waals surface area contributed by atoms with Gasteiger partial charge in [0.05, 0.1) is 10.9 Å². The molecule has 0 atom stereocenters. The van der Waals surface area contributed by atoms with Gasteiger partial charge in [-0.1, -0.05) is 11.6 Å². The van der Waals surface area contributed by atoms with Gasteiger partial charge < -0.3 is 25.0 Å². The Morgan fingerprint density at radius 1 is 1.39 bits per heavy atom. The standard InChI is InChI=1S/C21H22F3N3O4/c22-15-8-13-16(27(12-3-4-12)10-14(18(13)28)20(29)30)19(31-21(23)24)17(15)26-7-1-2-11(9-26)5-6-25/h5,8,10,12,21H,1-4,6-7,9,25H2,(H,29,30)/b11-5-. The number of nitrogens with zero attached hydrogens (tertiary/aromatic N) is 2. The maximum absolute atomic E-state index is 15.3. The van der Waals surface area contributed by atoms with Crippen LogP contribution < -0.4 is 20.8 Å². The third-order valence-corrected chi connectivity index (χ3v) is 5.62. The van der Waals surface area contributed by atoms with Crippen LogP contribution >= 0.6 is 0 Å². The van der Waals surface area contributed by atoms with Gasteiger partial charge in [-0.15, -0.1) is 0 Å². The van der Waals surface area contributed by atoms with Gasteiger partial charge in [0.25, 0.3) is 0 Å². The van der Waals surface area contributed by atoms with E-state index in [0.717, 1.165) is 24.3 Å². The van der Waals surface area contributed by atoms with Gasteiger partial charge in [0.2, 0.25) is 5.43 Å². The minimum absolute atomic E-state index is 0.0101. The molecule has 31 heavy (non-hydrogen) atoms. The number of halogens is 3. The first-order valence-corrected chi connectivity index (χ1v) is 10.0. The Balaban J connectivity index is 2.01. The van der Waals surface area contributed by atoms with Gasteiger partial charge >= 0.3 is 12.6 Å². The van der Waals surface area contributed by atoms with E-state index >= 15 is 4.39 Å². The van der Waals surface area contributed by atoms with Crippen molar-refractivity contribution in [3.05, 3.63) is 45.5 Å². The number of alkyl halides is 2. The molecule has 2 fully saturated rings. The van der Waals surface area contributed by atoms with Crippen molar-refractivity contribution in [2.24, 2.45) is 5.73 Å².